The smallest absolute Gasteiger partial charge is 0.140 e. The van der Waals surface area contributed by atoms with Crippen LogP contribution >= 0.6 is 0 Å². The van der Waals surface area contributed by atoms with Crippen LogP contribution in [0.3, 0.4) is 0 Å². The largest absolute Gasteiger partial charge is 0.310 e. The first-order valence-electron chi connectivity index (χ1n) is 6.94. The molecule has 3 atom stereocenters. The molecule has 4 heteroatoms. The summed E-state index contributed by atoms with van der Waals surface area (Å²) in [6, 6.07) is 0. The molecule has 0 radical (unpaired) electrons. The lowest BCUT2D eigenvalue weighted by Crippen LogP contribution is -2.27. The number of nitrogens with zero attached hydrogens (tertiary/aromatic N) is 3. The van der Waals surface area contributed by atoms with Gasteiger partial charge in [0.05, 0.1) is 6.54 Å². The molecule has 94 valence electrons. The van der Waals surface area contributed by atoms with Gasteiger partial charge < -0.3 is 5.32 Å². The summed E-state index contributed by atoms with van der Waals surface area (Å²) in [6.07, 6.45) is 7.57. The second-order valence-electron chi connectivity index (χ2n) is 5.56. The van der Waals surface area contributed by atoms with E-state index in [1.165, 1.54) is 25.7 Å². The molecule has 2 saturated carbocycles. The molecule has 2 aliphatic rings. The molecular weight excluding hydrogens is 212 g/mol. The highest BCUT2D eigenvalue weighted by Gasteiger charge is 2.38. The zero-order valence-corrected chi connectivity index (χ0v) is 10.6. The SMILES string of the molecule is CCn1ncnc1CNCC1CC2CCC1C2. The molecule has 2 aliphatic carbocycles. The standard InChI is InChI=1S/C13H22N4/c1-2-17-13(15-9-16-17)8-14-7-12-6-10-3-4-11(12)5-10/h9-12,14H,2-8H2,1H3. The minimum atomic E-state index is 0.863. The van der Waals surface area contributed by atoms with E-state index in [-0.39, 0.29) is 0 Å². The Morgan fingerprint density at radius 3 is 3.06 bits per heavy atom. The summed E-state index contributed by atoms with van der Waals surface area (Å²) in [7, 11) is 0. The molecule has 2 fully saturated rings. The van der Waals surface area contributed by atoms with E-state index in [4.69, 9.17) is 0 Å². The summed E-state index contributed by atoms with van der Waals surface area (Å²) in [6.45, 7) is 5.04. The van der Waals surface area contributed by atoms with Crippen molar-refractivity contribution in [2.75, 3.05) is 6.54 Å². The highest BCUT2D eigenvalue weighted by molar-refractivity contribution is 4.91. The van der Waals surface area contributed by atoms with Crippen LogP contribution in [0.1, 0.15) is 38.4 Å². The van der Waals surface area contributed by atoms with Crippen LogP contribution in [0.15, 0.2) is 6.33 Å². The molecule has 3 rings (SSSR count). The predicted molar refractivity (Wildman–Crippen MR) is 66.3 cm³/mol. The number of hydrogen-bond donors (Lipinski definition) is 1. The van der Waals surface area contributed by atoms with E-state index in [1.54, 1.807) is 6.33 Å². The van der Waals surface area contributed by atoms with Crippen molar-refractivity contribution >= 4 is 0 Å². The summed E-state index contributed by atoms with van der Waals surface area (Å²) in [4.78, 5) is 4.29. The van der Waals surface area contributed by atoms with Gasteiger partial charge in [-0.3, -0.25) is 0 Å². The zero-order valence-electron chi connectivity index (χ0n) is 10.6. The molecule has 1 heterocycles. The maximum absolute atomic E-state index is 4.29. The lowest BCUT2D eigenvalue weighted by molar-refractivity contribution is 0.316. The second-order valence-corrected chi connectivity index (χ2v) is 5.56. The Morgan fingerprint density at radius 1 is 1.41 bits per heavy atom. The summed E-state index contributed by atoms with van der Waals surface area (Å²) >= 11 is 0. The predicted octanol–water partition coefficient (Wildman–Crippen LogP) is 1.82. The number of fused-ring (bicyclic) bond motifs is 2. The third-order valence-electron chi connectivity index (χ3n) is 4.57. The lowest BCUT2D eigenvalue weighted by Gasteiger charge is -2.21. The Morgan fingerprint density at radius 2 is 2.35 bits per heavy atom. The Kier molecular flexibility index (Phi) is 3.14. The quantitative estimate of drug-likeness (QED) is 0.845. The molecule has 17 heavy (non-hydrogen) atoms. The van der Waals surface area contributed by atoms with E-state index in [9.17, 15) is 0 Å². The van der Waals surface area contributed by atoms with Crippen molar-refractivity contribution < 1.29 is 0 Å². The van der Waals surface area contributed by atoms with E-state index < -0.39 is 0 Å². The molecule has 0 spiro atoms. The van der Waals surface area contributed by atoms with Gasteiger partial charge in [-0.05, 0) is 50.5 Å². The molecule has 0 aromatic carbocycles. The second kappa shape index (κ2) is 4.77. The topological polar surface area (TPSA) is 42.7 Å². The van der Waals surface area contributed by atoms with Gasteiger partial charge in [-0.15, -0.1) is 0 Å². The molecule has 1 aromatic heterocycles. The van der Waals surface area contributed by atoms with Gasteiger partial charge in [0.15, 0.2) is 0 Å². The molecule has 0 aliphatic heterocycles. The van der Waals surface area contributed by atoms with Crippen LogP contribution in [0, 0.1) is 17.8 Å². The maximum atomic E-state index is 4.29. The van der Waals surface area contributed by atoms with Gasteiger partial charge in [-0.1, -0.05) is 6.42 Å². The summed E-state index contributed by atoms with van der Waals surface area (Å²) in [5, 5.41) is 7.75. The molecular formula is C13H22N4. The summed E-state index contributed by atoms with van der Waals surface area (Å²) in [5.41, 5.74) is 0. The molecule has 2 bridgehead atoms. The van der Waals surface area contributed by atoms with Crippen LogP contribution in [0.5, 0.6) is 0 Å². The monoisotopic (exact) mass is 234 g/mol. The minimum absolute atomic E-state index is 0.863. The third kappa shape index (κ3) is 2.23. The summed E-state index contributed by atoms with van der Waals surface area (Å²) < 4.78 is 1.97. The van der Waals surface area contributed by atoms with Gasteiger partial charge in [0, 0.05) is 6.54 Å². The van der Waals surface area contributed by atoms with Gasteiger partial charge in [-0.2, -0.15) is 5.10 Å². The van der Waals surface area contributed by atoms with Gasteiger partial charge >= 0.3 is 0 Å². The van der Waals surface area contributed by atoms with Crippen LogP contribution < -0.4 is 5.32 Å². The maximum Gasteiger partial charge on any atom is 0.140 e. The van der Waals surface area contributed by atoms with Gasteiger partial charge in [-0.25, -0.2) is 9.67 Å². The van der Waals surface area contributed by atoms with Gasteiger partial charge in [0.2, 0.25) is 0 Å². The highest BCUT2D eigenvalue weighted by Crippen LogP contribution is 2.47. The van der Waals surface area contributed by atoms with Crippen molar-refractivity contribution in [3.05, 3.63) is 12.2 Å². The van der Waals surface area contributed by atoms with Crippen molar-refractivity contribution in [1.82, 2.24) is 20.1 Å². The lowest BCUT2D eigenvalue weighted by atomic mass is 9.89. The first kappa shape index (κ1) is 11.2. The van der Waals surface area contributed by atoms with Crippen LogP contribution in [0.2, 0.25) is 0 Å². The Balaban J connectivity index is 1.46. The number of nitrogens with one attached hydrogen (secondary N) is 1. The first-order valence-corrected chi connectivity index (χ1v) is 6.94. The Hall–Kier alpha value is -0.900. The molecule has 0 saturated heterocycles. The molecule has 4 nitrogen and oxygen atoms in total. The average Bonchev–Trinajstić information content (AvgIpc) is 3.04. The van der Waals surface area contributed by atoms with Crippen molar-refractivity contribution in [3.63, 3.8) is 0 Å². The van der Waals surface area contributed by atoms with Crippen molar-refractivity contribution in [2.24, 2.45) is 17.8 Å². The number of aromatic nitrogens is 3. The zero-order chi connectivity index (χ0) is 11.7. The summed E-state index contributed by atoms with van der Waals surface area (Å²) in [5.74, 6) is 4.05. The number of aryl methyl sites for hydroxylation is 1. The van der Waals surface area contributed by atoms with E-state index in [1.807, 2.05) is 4.68 Å². The van der Waals surface area contributed by atoms with Crippen LogP contribution in [0.4, 0.5) is 0 Å². The van der Waals surface area contributed by atoms with E-state index >= 15 is 0 Å². The Bertz CT molecular complexity index is 373. The molecule has 0 amide bonds. The van der Waals surface area contributed by atoms with E-state index in [2.05, 4.69) is 22.3 Å². The minimum Gasteiger partial charge on any atom is -0.310 e. The van der Waals surface area contributed by atoms with Gasteiger partial charge in [0.25, 0.3) is 0 Å². The molecule has 1 aromatic rings. The first-order chi connectivity index (χ1) is 8.36. The van der Waals surface area contributed by atoms with Crippen molar-refractivity contribution in [2.45, 2.75) is 45.7 Å². The van der Waals surface area contributed by atoms with Crippen LogP contribution in [0.25, 0.3) is 0 Å². The van der Waals surface area contributed by atoms with Crippen LogP contribution in [-0.4, -0.2) is 21.3 Å². The highest BCUT2D eigenvalue weighted by atomic mass is 15.3. The van der Waals surface area contributed by atoms with E-state index in [0.717, 1.165) is 43.2 Å². The fourth-order valence-electron chi connectivity index (χ4n) is 3.68. The number of rotatable bonds is 5. The van der Waals surface area contributed by atoms with Gasteiger partial charge in [0.1, 0.15) is 12.2 Å². The normalized spacial score (nSPS) is 31.2. The Labute approximate surface area is 103 Å². The third-order valence-corrected chi connectivity index (χ3v) is 4.57. The average molecular weight is 234 g/mol. The van der Waals surface area contributed by atoms with E-state index in [0.29, 0.717) is 0 Å². The van der Waals surface area contributed by atoms with Crippen molar-refractivity contribution in [3.8, 4) is 0 Å². The fourth-order valence-corrected chi connectivity index (χ4v) is 3.68. The fraction of sp³-hybridized carbons (Fsp3) is 0.846. The molecule has 3 unspecified atom stereocenters. The van der Waals surface area contributed by atoms with Crippen LogP contribution in [-0.2, 0) is 13.1 Å². The number of hydrogen-bond acceptors (Lipinski definition) is 3. The van der Waals surface area contributed by atoms with Crippen molar-refractivity contribution in [1.29, 1.82) is 0 Å². The molecule has 1 N–H and O–H groups in total.